The van der Waals surface area contributed by atoms with Gasteiger partial charge in [-0.3, -0.25) is 28.8 Å². The maximum absolute atomic E-state index is 13.2. The maximum Gasteiger partial charge on any atom is 0.264 e. The number of aryl methyl sites for hydroxylation is 1. The van der Waals surface area contributed by atoms with E-state index in [1.807, 2.05) is 65.8 Å². The number of thiazole rings is 2. The molecule has 386 valence electrons. The standard InChI is InChI=1S/C54H56Cl2N8O6S4/c55-39-21-31(10-14-37(39)46-25-60-51(73-46)33-27-63(28-33)53(69)44-16-13-36(71-44)23-43(66)41-6-3-19-57-41)9-12-35(65)5-1-2-8-48(67)59-24-32-11-15-38(40(56)22-32)47-26-61-52(74-47)34-29-64(30-34)54(70)45-17-18-49(72-45)62-50(68)42-7-4-20-58-42/h10-11,13-18,21-22,25-26,33-34,41-42,57-58H,1-9,12,19-20,23-24,27-30H2,(H,59,67)(H,62,68)/t41-,42-/m0/s1. The van der Waals surface area contributed by atoms with Crippen molar-refractivity contribution in [3.05, 3.63) is 119 Å². The number of hydrogen-bond acceptors (Lipinski definition) is 14. The molecule has 4 N–H and O–H groups in total. The minimum absolute atomic E-state index is 0.00566. The molecule has 4 saturated heterocycles. The Morgan fingerprint density at radius 1 is 0.649 bits per heavy atom. The third-order valence-corrected chi connectivity index (χ3v) is 19.2. The average Bonchev–Trinajstić information content (AvgIpc) is 4.23. The van der Waals surface area contributed by atoms with E-state index < -0.39 is 0 Å². The van der Waals surface area contributed by atoms with Gasteiger partial charge in [0.05, 0.1) is 46.6 Å². The van der Waals surface area contributed by atoms with Crippen LogP contribution in [0.4, 0.5) is 5.00 Å². The van der Waals surface area contributed by atoms with E-state index in [1.54, 1.807) is 39.7 Å². The second-order valence-electron chi connectivity index (χ2n) is 19.5. The summed E-state index contributed by atoms with van der Waals surface area (Å²) in [7, 11) is 0. The summed E-state index contributed by atoms with van der Waals surface area (Å²) in [5.41, 5.74) is 3.59. The summed E-state index contributed by atoms with van der Waals surface area (Å²) in [6.45, 7) is 4.40. The Labute approximate surface area is 455 Å². The fourth-order valence-electron chi connectivity index (χ4n) is 9.68. The Morgan fingerprint density at radius 3 is 1.85 bits per heavy atom. The van der Waals surface area contributed by atoms with Gasteiger partial charge in [-0.2, -0.15) is 0 Å². The fourth-order valence-corrected chi connectivity index (χ4v) is 14.3. The van der Waals surface area contributed by atoms with Crippen molar-refractivity contribution in [2.75, 3.05) is 44.6 Å². The van der Waals surface area contributed by atoms with Crippen molar-refractivity contribution in [3.63, 3.8) is 0 Å². The molecule has 14 nitrogen and oxygen atoms in total. The number of nitrogens with one attached hydrogen (secondary N) is 4. The number of thiophene rings is 2. The number of aromatic nitrogens is 2. The summed E-state index contributed by atoms with van der Waals surface area (Å²) in [5.74, 6) is 0.432. The summed E-state index contributed by atoms with van der Waals surface area (Å²) >= 11 is 19.4. The van der Waals surface area contributed by atoms with Crippen LogP contribution in [0.2, 0.25) is 10.0 Å². The van der Waals surface area contributed by atoms with Gasteiger partial charge in [-0.05, 0) is 106 Å². The number of nitrogens with zero attached hydrogens (tertiary/aromatic N) is 4. The van der Waals surface area contributed by atoms with Crippen LogP contribution < -0.4 is 21.3 Å². The number of carbonyl (C=O) groups excluding carboxylic acids is 6. The number of Topliss-reactive ketones (excluding diaryl/α,β-unsaturated/α-hetero) is 2. The molecule has 0 radical (unpaired) electrons. The van der Waals surface area contributed by atoms with E-state index in [-0.39, 0.29) is 59.1 Å². The molecule has 0 saturated carbocycles. The number of amides is 4. The molecule has 2 atom stereocenters. The van der Waals surface area contributed by atoms with Gasteiger partial charge in [0.15, 0.2) is 5.78 Å². The van der Waals surface area contributed by atoms with Crippen LogP contribution in [-0.2, 0) is 38.6 Å². The molecular formula is C54H56Cl2N8O6S4. The summed E-state index contributed by atoms with van der Waals surface area (Å²) < 4.78 is 0. The van der Waals surface area contributed by atoms with Crippen LogP contribution in [0, 0.1) is 0 Å². The van der Waals surface area contributed by atoms with Crippen LogP contribution in [-0.4, -0.2) is 106 Å². The molecule has 74 heavy (non-hydrogen) atoms. The van der Waals surface area contributed by atoms with Crippen LogP contribution in [0.5, 0.6) is 0 Å². The number of unbranched alkanes of at least 4 members (excludes halogenated alkanes) is 1. The van der Waals surface area contributed by atoms with Crippen molar-refractivity contribution in [1.82, 2.24) is 35.7 Å². The molecular weight excluding hydrogens is 1060 g/mol. The largest absolute Gasteiger partial charge is 0.352 e. The zero-order valence-corrected chi connectivity index (χ0v) is 45.4. The Bertz CT molecular complexity index is 2850. The molecule has 10 rings (SSSR count). The minimum Gasteiger partial charge on any atom is -0.352 e. The van der Waals surface area contributed by atoms with E-state index in [0.29, 0.717) is 102 Å². The second-order valence-corrected chi connectivity index (χ2v) is 24.6. The van der Waals surface area contributed by atoms with Gasteiger partial charge in [0.2, 0.25) is 11.8 Å². The zero-order chi connectivity index (χ0) is 51.3. The lowest BCUT2D eigenvalue weighted by atomic mass is 10.0. The molecule has 4 fully saturated rings. The smallest absolute Gasteiger partial charge is 0.264 e. The molecule has 6 aromatic rings. The SMILES string of the molecule is O=C(CCCCC(=O)NCc1ccc(-c2cnc(C3CN(C(=O)c4ccc(NC(=O)[C@@H]5CCCN5)s4)C3)s2)c(Cl)c1)CCc1ccc(-c2cnc(C3CN(C(=O)c4ccc(CC(=O)[C@@H]5CCCN5)s4)C3)s2)c(Cl)c1. The first-order valence-corrected chi connectivity index (χ1v) is 29.3. The van der Waals surface area contributed by atoms with Gasteiger partial charge >= 0.3 is 0 Å². The third-order valence-electron chi connectivity index (χ3n) is 14.1. The monoisotopic (exact) mass is 1110 g/mol. The van der Waals surface area contributed by atoms with Gasteiger partial charge in [0, 0.05) is 109 Å². The number of likely N-dealkylation sites (tertiary alicyclic amines) is 2. The van der Waals surface area contributed by atoms with E-state index in [0.717, 1.165) is 85.7 Å². The Balaban J connectivity index is 0.595. The van der Waals surface area contributed by atoms with Gasteiger partial charge in [0.25, 0.3) is 11.8 Å². The van der Waals surface area contributed by atoms with Crippen LogP contribution >= 0.6 is 68.5 Å². The van der Waals surface area contributed by atoms with Crippen LogP contribution in [0.15, 0.2) is 73.1 Å². The summed E-state index contributed by atoms with van der Waals surface area (Å²) in [6.07, 6.45) is 10.7. The summed E-state index contributed by atoms with van der Waals surface area (Å²) in [4.78, 5) is 94.0. The molecule has 20 heteroatoms. The van der Waals surface area contributed by atoms with Crippen LogP contribution in [0.3, 0.4) is 0 Å². The first-order chi connectivity index (χ1) is 35.9. The van der Waals surface area contributed by atoms with Crippen molar-refractivity contribution in [1.29, 1.82) is 0 Å². The quantitative estimate of drug-likeness (QED) is 0.0507. The number of carbonyl (C=O) groups is 6. The van der Waals surface area contributed by atoms with Gasteiger partial charge < -0.3 is 31.1 Å². The van der Waals surface area contributed by atoms with E-state index in [2.05, 4.69) is 31.2 Å². The van der Waals surface area contributed by atoms with Gasteiger partial charge in [-0.1, -0.05) is 47.5 Å². The van der Waals surface area contributed by atoms with E-state index in [1.165, 1.54) is 22.7 Å². The highest BCUT2D eigenvalue weighted by atomic mass is 35.5. The number of ketones is 2. The molecule has 4 amide bonds. The molecule has 4 aliphatic rings. The predicted molar refractivity (Wildman–Crippen MR) is 294 cm³/mol. The molecule has 4 aromatic heterocycles. The highest BCUT2D eigenvalue weighted by molar-refractivity contribution is 7.18. The first kappa shape index (κ1) is 52.3. The van der Waals surface area contributed by atoms with Crippen molar-refractivity contribution >= 4 is 109 Å². The van der Waals surface area contributed by atoms with E-state index >= 15 is 0 Å². The summed E-state index contributed by atoms with van der Waals surface area (Å²) in [6, 6.07) is 18.7. The van der Waals surface area contributed by atoms with Crippen LogP contribution in [0.25, 0.3) is 20.9 Å². The van der Waals surface area contributed by atoms with E-state index in [4.69, 9.17) is 23.2 Å². The highest BCUT2D eigenvalue weighted by Crippen LogP contribution is 2.40. The Hall–Kier alpha value is -5.18. The van der Waals surface area contributed by atoms with Crippen molar-refractivity contribution in [3.8, 4) is 20.9 Å². The van der Waals surface area contributed by atoms with Crippen molar-refractivity contribution < 1.29 is 28.8 Å². The van der Waals surface area contributed by atoms with Gasteiger partial charge in [0.1, 0.15) is 5.78 Å². The third kappa shape index (κ3) is 12.6. The molecule has 8 heterocycles. The molecule has 2 aromatic carbocycles. The minimum atomic E-state index is -0.180. The lowest BCUT2D eigenvalue weighted by molar-refractivity contribution is -0.122. The lowest BCUT2D eigenvalue weighted by Gasteiger charge is -2.37. The topological polar surface area (TPSA) is 183 Å². The fraction of sp³-hybridized carbons (Fsp3) is 0.407. The Kier molecular flexibility index (Phi) is 16.8. The van der Waals surface area contributed by atoms with Gasteiger partial charge in [-0.15, -0.1) is 45.3 Å². The number of hydrogen-bond donors (Lipinski definition) is 4. The average molecular weight is 1110 g/mol. The molecule has 0 bridgehead atoms. The molecule has 0 spiro atoms. The zero-order valence-electron chi connectivity index (χ0n) is 40.6. The Morgan fingerprint density at radius 2 is 1.23 bits per heavy atom. The van der Waals surface area contributed by atoms with E-state index in [9.17, 15) is 28.8 Å². The van der Waals surface area contributed by atoms with Gasteiger partial charge in [-0.25, -0.2) is 9.97 Å². The molecule has 4 aliphatic heterocycles. The highest BCUT2D eigenvalue weighted by Gasteiger charge is 2.37. The number of anilines is 1. The predicted octanol–water partition coefficient (Wildman–Crippen LogP) is 9.78. The van der Waals surface area contributed by atoms with Crippen molar-refractivity contribution in [2.24, 2.45) is 0 Å². The molecule has 0 unspecified atom stereocenters. The van der Waals surface area contributed by atoms with Crippen molar-refractivity contribution in [2.45, 2.75) is 101 Å². The second kappa shape index (κ2) is 23.8. The molecule has 0 aliphatic carbocycles. The normalized spacial score (nSPS) is 17.8. The number of rotatable bonds is 21. The lowest BCUT2D eigenvalue weighted by Crippen LogP contribution is -2.48. The van der Waals surface area contributed by atoms with Crippen LogP contribution in [0.1, 0.15) is 115 Å². The summed E-state index contributed by atoms with van der Waals surface area (Å²) in [5, 5.41) is 16.1. The number of halogens is 2. The first-order valence-electron chi connectivity index (χ1n) is 25.3. The number of benzene rings is 2. The maximum atomic E-state index is 13.2.